The first kappa shape index (κ1) is 10.3. The second kappa shape index (κ2) is 3.29. The molecule has 1 fully saturated rings. The van der Waals surface area contributed by atoms with Crippen molar-refractivity contribution in [3.05, 3.63) is 29.6 Å². The van der Waals surface area contributed by atoms with Crippen LogP contribution in [0.2, 0.25) is 0 Å². The summed E-state index contributed by atoms with van der Waals surface area (Å²) in [7, 11) is -3.24. The Bertz CT molecular complexity index is 532. The molecule has 1 aliphatic heterocycles. The van der Waals surface area contributed by atoms with Crippen molar-refractivity contribution in [1.82, 2.24) is 0 Å². The van der Waals surface area contributed by atoms with Gasteiger partial charge in [-0.1, -0.05) is 6.07 Å². The molecule has 1 unspecified atom stereocenters. The summed E-state index contributed by atoms with van der Waals surface area (Å²) in [6.45, 7) is 0. The van der Waals surface area contributed by atoms with Gasteiger partial charge < -0.3 is 0 Å². The van der Waals surface area contributed by atoms with E-state index in [0.717, 1.165) is 12.8 Å². The van der Waals surface area contributed by atoms with Crippen LogP contribution in [0.4, 0.5) is 4.39 Å². The first-order valence-corrected chi connectivity index (χ1v) is 7.26. The molecule has 0 radical (unpaired) electrons. The summed E-state index contributed by atoms with van der Waals surface area (Å²) in [6, 6.07) is 4.40. The summed E-state index contributed by atoms with van der Waals surface area (Å²) in [4.78, 5) is 0.232. The third kappa shape index (κ3) is 1.47. The Labute approximate surface area is 94.4 Å². The topological polar surface area (TPSA) is 34.1 Å². The maximum absolute atomic E-state index is 13.8. The molecule has 86 valence electrons. The molecule has 1 aliphatic carbocycles. The zero-order valence-electron chi connectivity index (χ0n) is 8.82. The van der Waals surface area contributed by atoms with Crippen LogP contribution >= 0.6 is 0 Å². The minimum Gasteiger partial charge on any atom is -0.224 e. The zero-order valence-corrected chi connectivity index (χ0v) is 9.63. The number of hydrogen-bond acceptors (Lipinski definition) is 2. The highest BCUT2D eigenvalue weighted by molar-refractivity contribution is 7.91. The second-order valence-electron chi connectivity index (χ2n) is 4.70. The third-order valence-corrected chi connectivity index (χ3v) is 5.41. The van der Waals surface area contributed by atoms with Crippen molar-refractivity contribution in [3.8, 4) is 0 Å². The third-order valence-electron chi connectivity index (χ3n) is 3.61. The van der Waals surface area contributed by atoms with Gasteiger partial charge in [-0.05, 0) is 43.2 Å². The summed E-state index contributed by atoms with van der Waals surface area (Å²) in [5.41, 5.74) is 0.455. The largest absolute Gasteiger partial charge is 0.224 e. The van der Waals surface area contributed by atoms with E-state index < -0.39 is 9.84 Å². The number of benzene rings is 1. The van der Waals surface area contributed by atoms with Gasteiger partial charge in [0.15, 0.2) is 9.84 Å². The van der Waals surface area contributed by atoms with Crippen LogP contribution in [0.15, 0.2) is 23.1 Å². The molecule has 2 aliphatic rings. The standard InChI is InChI=1S/C12H13FO2S/c13-10-2-1-3-11-12(10)9(8-4-5-8)6-7-16(11,14)15/h1-3,8-9H,4-7H2. The van der Waals surface area contributed by atoms with Crippen LogP contribution in [0.1, 0.15) is 30.7 Å². The van der Waals surface area contributed by atoms with E-state index in [4.69, 9.17) is 0 Å². The summed E-state index contributed by atoms with van der Waals surface area (Å²) in [5.74, 6) is 0.452. The van der Waals surface area contributed by atoms with Gasteiger partial charge in [-0.25, -0.2) is 12.8 Å². The molecule has 1 atom stereocenters. The molecule has 1 heterocycles. The fourth-order valence-corrected chi connectivity index (χ4v) is 4.31. The van der Waals surface area contributed by atoms with Gasteiger partial charge in [-0.15, -0.1) is 0 Å². The van der Waals surface area contributed by atoms with E-state index in [0.29, 0.717) is 17.9 Å². The molecule has 0 aromatic heterocycles. The highest BCUT2D eigenvalue weighted by Crippen LogP contribution is 2.49. The number of halogens is 1. The lowest BCUT2D eigenvalue weighted by molar-refractivity contribution is 0.498. The summed E-state index contributed by atoms with van der Waals surface area (Å²) in [6.07, 6.45) is 2.80. The highest BCUT2D eigenvalue weighted by atomic mass is 32.2. The predicted molar refractivity (Wildman–Crippen MR) is 58.5 cm³/mol. The smallest absolute Gasteiger partial charge is 0.178 e. The van der Waals surface area contributed by atoms with Gasteiger partial charge in [-0.2, -0.15) is 0 Å². The van der Waals surface area contributed by atoms with Gasteiger partial charge >= 0.3 is 0 Å². The van der Waals surface area contributed by atoms with Crippen molar-refractivity contribution in [2.75, 3.05) is 5.75 Å². The lowest BCUT2D eigenvalue weighted by atomic mass is 9.91. The Kier molecular flexibility index (Phi) is 2.11. The molecule has 0 spiro atoms. The fourth-order valence-electron chi connectivity index (χ4n) is 2.65. The molecule has 0 saturated heterocycles. The normalized spacial score (nSPS) is 27.4. The molecular formula is C12H13FO2S. The highest BCUT2D eigenvalue weighted by Gasteiger charge is 2.40. The van der Waals surface area contributed by atoms with E-state index in [9.17, 15) is 12.8 Å². The van der Waals surface area contributed by atoms with Crippen molar-refractivity contribution < 1.29 is 12.8 Å². The van der Waals surface area contributed by atoms with E-state index in [1.165, 1.54) is 12.1 Å². The van der Waals surface area contributed by atoms with Gasteiger partial charge in [0.1, 0.15) is 5.82 Å². The van der Waals surface area contributed by atoms with Crippen LogP contribution in [0.3, 0.4) is 0 Å². The Balaban J connectivity index is 2.21. The predicted octanol–water partition coefficient (Wildman–Crippen LogP) is 2.50. The second-order valence-corrected chi connectivity index (χ2v) is 6.78. The van der Waals surface area contributed by atoms with Gasteiger partial charge in [0.2, 0.25) is 0 Å². The Morgan fingerprint density at radius 2 is 1.94 bits per heavy atom. The Hall–Kier alpha value is -0.900. The molecule has 1 saturated carbocycles. The van der Waals surface area contributed by atoms with Crippen LogP contribution in [0.25, 0.3) is 0 Å². The molecule has 16 heavy (non-hydrogen) atoms. The minimum atomic E-state index is -3.24. The molecule has 3 rings (SSSR count). The van der Waals surface area contributed by atoms with Gasteiger partial charge in [0, 0.05) is 5.56 Å². The summed E-state index contributed by atoms with van der Waals surface area (Å²) in [5, 5.41) is 0. The maximum Gasteiger partial charge on any atom is 0.178 e. The zero-order chi connectivity index (χ0) is 11.3. The first-order chi connectivity index (χ1) is 7.59. The quantitative estimate of drug-likeness (QED) is 0.755. The van der Waals surface area contributed by atoms with Crippen molar-refractivity contribution >= 4 is 9.84 Å². The Morgan fingerprint density at radius 1 is 1.19 bits per heavy atom. The molecule has 0 N–H and O–H groups in total. The van der Waals surface area contributed by atoms with Crippen LogP contribution in [-0.4, -0.2) is 14.2 Å². The van der Waals surface area contributed by atoms with Crippen molar-refractivity contribution in [2.24, 2.45) is 5.92 Å². The fraction of sp³-hybridized carbons (Fsp3) is 0.500. The average molecular weight is 240 g/mol. The van der Waals surface area contributed by atoms with E-state index in [2.05, 4.69) is 0 Å². The van der Waals surface area contributed by atoms with Crippen molar-refractivity contribution in [1.29, 1.82) is 0 Å². The minimum absolute atomic E-state index is 0.125. The lowest BCUT2D eigenvalue weighted by Crippen LogP contribution is -2.22. The summed E-state index contributed by atoms with van der Waals surface area (Å²) < 4.78 is 37.5. The van der Waals surface area contributed by atoms with Crippen LogP contribution in [0, 0.1) is 11.7 Å². The van der Waals surface area contributed by atoms with Crippen molar-refractivity contribution in [3.63, 3.8) is 0 Å². The molecular weight excluding hydrogens is 227 g/mol. The number of sulfone groups is 1. The number of rotatable bonds is 1. The van der Waals surface area contributed by atoms with E-state index in [-0.39, 0.29) is 22.4 Å². The van der Waals surface area contributed by atoms with Crippen LogP contribution in [-0.2, 0) is 9.84 Å². The first-order valence-electron chi connectivity index (χ1n) is 5.61. The van der Waals surface area contributed by atoms with Gasteiger partial charge in [0.05, 0.1) is 10.6 Å². The van der Waals surface area contributed by atoms with Crippen molar-refractivity contribution in [2.45, 2.75) is 30.1 Å². The molecule has 1 aromatic rings. The molecule has 0 bridgehead atoms. The van der Waals surface area contributed by atoms with E-state index >= 15 is 0 Å². The summed E-state index contributed by atoms with van der Waals surface area (Å²) >= 11 is 0. The SMILES string of the molecule is O=S1(=O)CCC(C2CC2)c2c(F)cccc21. The average Bonchev–Trinajstić information content (AvgIpc) is 3.03. The monoisotopic (exact) mass is 240 g/mol. The van der Waals surface area contributed by atoms with E-state index in [1.54, 1.807) is 6.07 Å². The maximum atomic E-state index is 13.8. The number of hydrogen-bond donors (Lipinski definition) is 0. The van der Waals surface area contributed by atoms with Gasteiger partial charge in [-0.3, -0.25) is 0 Å². The van der Waals surface area contributed by atoms with Gasteiger partial charge in [0.25, 0.3) is 0 Å². The Morgan fingerprint density at radius 3 is 2.62 bits per heavy atom. The molecule has 2 nitrogen and oxygen atoms in total. The number of fused-ring (bicyclic) bond motifs is 1. The van der Waals surface area contributed by atoms with E-state index in [1.807, 2.05) is 0 Å². The molecule has 4 heteroatoms. The molecule has 0 amide bonds. The lowest BCUT2D eigenvalue weighted by Gasteiger charge is -2.25. The molecule has 1 aromatic carbocycles. The van der Waals surface area contributed by atoms with Crippen LogP contribution < -0.4 is 0 Å². The van der Waals surface area contributed by atoms with Crippen LogP contribution in [0.5, 0.6) is 0 Å².